The summed E-state index contributed by atoms with van der Waals surface area (Å²) < 4.78 is 6.06. The van der Waals surface area contributed by atoms with Gasteiger partial charge in [0.15, 0.2) is 0 Å². The number of nitrogens with zero attached hydrogens (tertiary/aromatic N) is 2. The number of hydrogen-bond acceptors (Lipinski definition) is 4. The largest absolute Gasteiger partial charge is 0.487 e. The van der Waals surface area contributed by atoms with Crippen LogP contribution in [0.3, 0.4) is 0 Å². The molecule has 2 aliphatic heterocycles. The maximum Gasteiger partial charge on any atom is 0.145 e. The molecule has 0 amide bonds. The number of likely N-dealkylation sites (tertiary alicyclic amines) is 1. The minimum Gasteiger partial charge on any atom is -0.487 e. The van der Waals surface area contributed by atoms with E-state index in [1.165, 1.54) is 5.56 Å². The van der Waals surface area contributed by atoms with Crippen molar-refractivity contribution in [1.82, 2.24) is 4.90 Å². The molecule has 2 aliphatic rings. The van der Waals surface area contributed by atoms with E-state index in [2.05, 4.69) is 35.2 Å². The van der Waals surface area contributed by atoms with E-state index >= 15 is 0 Å². The van der Waals surface area contributed by atoms with Gasteiger partial charge in [-0.1, -0.05) is 53.7 Å². The Labute approximate surface area is 142 Å². The van der Waals surface area contributed by atoms with Crippen LogP contribution in [0.1, 0.15) is 17.5 Å². The molecule has 0 N–H and O–H groups in total. The van der Waals surface area contributed by atoms with Gasteiger partial charge in [0.1, 0.15) is 18.0 Å². The lowest BCUT2D eigenvalue weighted by molar-refractivity contribution is -0.0216. The summed E-state index contributed by atoms with van der Waals surface area (Å²) in [7, 11) is 0. The van der Waals surface area contributed by atoms with Crippen LogP contribution in [0.5, 0.6) is 5.75 Å². The van der Waals surface area contributed by atoms with Crippen molar-refractivity contribution >= 4 is 5.71 Å². The molecule has 0 saturated carbocycles. The molecule has 0 radical (unpaired) electrons. The lowest BCUT2D eigenvalue weighted by atomic mass is 10.0. The minimum atomic E-state index is 0.152. The van der Waals surface area contributed by atoms with Crippen LogP contribution in [-0.4, -0.2) is 42.5 Å². The van der Waals surface area contributed by atoms with Crippen LogP contribution in [0.2, 0.25) is 0 Å². The fraction of sp³-hybridized carbons (Fsp3) is 0.350. The first-order valence-corrected chi connectivity index (χ1v) is 8.50. The molecule has 0 unspecified atom stereocenters. The Morgan fingerprint density at radius 3 is 2.62 bits per heavy atom. The van der Waals surface area contributed by atoms with E-state index in [1.807, 2.05) is 36.4 Å². The van der Waals surface area contributed by atoms with Crippen molar-refractivity contribution in [3.63, 3.8) is 0 Å². The Morgan fingerprint density at radius 1 is 1.08 bits per heavy atom. The van der Waals surface area contributed by atoms with Crippen LogP contribution in [-0.2, 0) is 4.84 Å². The van der Waals surface area contributed by atoms with Crippen molar-refractivity contribution < 1.29 is 9.57 Å². The number of hydrogen-bond donors (Lipinski definition) is 0. The summed E-state index contributed by atoms with van der Waals surface area (Å²) in [6.07, 6.45) is 1.31. The van der Waals surface area contributed by atoms with Gasteiger partial charge in [0.05, 0.1) is 5.71 Å². The lowest BCUT2D eigenvalue weighted by Crippen LogP contribution is -2.55. The third-order valence-corrected chi connectivity index (χ3v) is 4.61. The second kappa shape index (κ2) is 6.65. The van der Waals surface area contributed by atoms with E-state index in [0.29, 0.717) is 0 Å². The van der Waals surface area contributed by atoms with Gasteiger partial charge in [-0.15, -0.1) is 0 Å². The van der Waals surface area contributed by atoms with E-state index in [0.717, 1.165) is 43.1 Å². The van der Waals surface area contributed by atoms with Gasteiger partial charge in [-0.2, -0.15) is 0 Å². The zero-order chi connectivity index (χ0) is 16.4. The second-order valence-corrected chi connectivity index (χ2v) is 6.56. The zero-order valence-corrected chi connectivity index (χ0v) is 13.9. The molecular formula is C20H22N2O2. The van der Waals surface area contributed by atoms with Crippen LogP contribution in [0.25, 0.3) is 0 Å². The van der Waals surface area contributed by atoms with Gasteiger partial charge >= 0.3 is 0 Å². The average molecular weight is 322 g/mol. The fourth-order valence-electron chi connectivity index (χ4n) is 3.23. The molecule has 2 aromatic rings. The predicted octanol–water partition coefficient (Wildman–Crippen LogP) is 3.25. The summed E-state index contributed by atoms with van der Waals surface area (Å²) in [6, 6.07) is 18.4. The molecular weight excluding hydrogens is 300 g/mol. The summed E-state index contributed by atoms with van der Waals surface area (Å²) in [5, 5.41) is 4.26. The van der Waals surface area contributed by atoms with Crippen LogP contribution in [0.4, 0.5) is 0 Å². The van der Waals surface area contributed by atoms with Gasteiger partial charge in [0.25, 0.3) is 0 Å². The topological polar surface area (TPSA) is 34.1 Å². The lowest BCUT2D eigenvalue weighted by Gasteiger charge is -2.39. The van der Waals surface area contributed by atoms with Crippen molar-refractivity contribution in [3.05, 3.63) is 65.7 Å². The Kier molecular flexibility index (Phi) is 4.22. The molecule has 1 atom stereocenters. The maximum absolute atomic E-state index is 6.06. The monoisotopic (exact) mass is 322 g/mol. The Hall–Kier alpha value is -2.33. The van der Waals surface area contributed by atoms with Crippen LogP contribution >= 0.6 is 0 Å². The molecule has 1 fully saturated rings. The molecule has 4 heteroatoms. The van der Waals surface area contributed by atoms with Crippen LogP contribution < -0.4 is 4.74 Å². The molecule has 0 bridgehead atoms. The molecule has 0 spiro atoms. The van der Waals surface area contributed by atoms with Gasteiger partial charge in [-0.25, -0.2) is 0 Å². The highest BCUT2D eigenvalue weighted by molar-refractivity contribution is 6.01. The quantitative estimate of drug-likeness (QED) is 0.847. The highest BCUT2D eigenvalue weighted by Gasteiger charge is 2.33. The number of benzene rings is 2. The number of para-hydroxylation sites is 1. The van der Waals surface area contributed by atoms with E-state index in [9.17, 15) is 0 Å². The summed E-state index contributed by atoms with van der Waals surface area (Å²) in [6.45, 7) is 4.90. The Bertz CT molecular complexity index is 723. The predicted molar refractivity (Wildman–Crippen MR) is 94.5 cm³/mol. The molecule has 0 aliphatic carbocycles. The van der Waals surface area contributed by atoms with Crippen LogP contribution in [0.15, 0.2) is 59.8 Å². The normalized spacial score (nSPS) is 21.0. The molecule has 124 valence electrons. The zero-order valence-electron chi connectivity index (χ0n) is 13.9. The summed E-state index contributed by atoms with van der Waals surface area (Å²) in [5.41, 5.74) is 3.40. The van der Waals surface area contributed by atoms with Gasteiger partial charge < -0.3 is 9.57 Å². The third-order valence-electron chi connectivity index (χ3n) is 4.61. The van der Waals surface area contributed by atoms with Crippen molar-refractivity contribution in [3.8, 4) is 5.75 Å². The van der Waals surface area contributed by atoms with Crippen molar-refractivity contribution in [2.24, 2.45) is 5.16 Å². The van der Waals surface area contributed by atoms with Crippen LogP contribution in [0, 0.1) is 6.92 Å². The second-order valence-electron chi connectivity index (χ2n) is 6.56. The first-order valence-electron chi connectivity index (χ1n) is 8.50. The highest BCUT2D eigenvalue weighted by Crippen LogP contribution is 2.23. The van der Waals surface area contributed by atoms with E-state index in [1.54, 1.807) is 0 Å². The summed E-state index contributed by atoms with van der Waals surface area (Å²) in [5.74, 6) is 0.994. The Balaban J connectivity index is 1.23. The highest BCUT2D eigenvalue weighted by atomic mass is 16.6. The van der Waals surface area contributed by atoms with Gasteiger partial charge in [0.2, 0.25) is 0 Å². The Morgan fingerprint density at radius 2 is 1.83 bits per heavy atom. The van der Waals surface area contributed by atoms with Gasteiger partial charge in [0, 0.05) is 26.1 Å². The number of aryl methyl sites for hydroxylation is 1. The minimum absolute atomic E-state index is 0.152. The molecule has 4 rings (SSSR count). The number of rotatable bonds is 5. The summed E-state index contributed by atoms with van der Waals surface area (Å²) in [4.78, 5) is 7.98. The van der Waals surface area contributed by atoms with E-state index < -0.39 is 0 Å². The third kappa shape index (κ3) is 3.29. The smallest absolute Gasteiger partial charge is 0.145 e. The maximum atomic E-state index is 6.06. The fourth-order valence-corrected chi connectivity index (χ4v) is 3.23. The summed E-state index contributed by atoms with van der Waals surface area (Å²) >= 11 is 0. The van der Waals surface area contributed by atoms with Crippen molar-refractivity contribution in [2.45, 2.75) is 25.6 Å². The molecule has 0 aromatic heterocycles. The first-order chi connectivity index (χ1) is 11.8. The van der Waals surface area contributed by atoms with E-state index in [4.69, 9.17) is 9.57 Å². The average Bonchev–Trinajstić information content (AvgIpc) is 3.04. The molecule has 2 heterocycles. The molecule has 4 nitrogen and oxygen atoms in total. The first kappa shape index (κ1) is 15.2. The number of ether oxygens (including phenoxy) is 1. The molecule has 24 heavy (non-hydrogen) atoms. The van der Waals surface area contributed by atoms with Crippen molar-refractivity contribution in [2.75, 3.05) is 19.6 Å². The standard InChI is InChI=1S/C20H22N2O2/c1-15-7-5-6-10-20(15)23-18-13-22(14-18)12-17-11-19(21-24-17)16-8-3-2-4-9-16/h2-10,17-18H,11-14H2,1H3/t17-/m1/s1. The number of oxime groups is 1. The van der Waals surface area contributed by atoms with Crippen molar-refractivity contribution in [1.29, 1.82) is 0 Å². The van der Waals surface area contributed by atoms with E-state index in [-0.39, 0.29) is 12.2 Å². The van der Waals surface area contributed by atoms with Gasteiger partial charge in [-0.3, -0.25) is 4.90 Å². The van der Waals surface area contributed by atoms with Gasteiger partial charge in [-0.05, 0) is 24.1 Å². The molecule has 2 aromatic carbocycles. The molecule has 1 saturated heterocycles. The SMILES string of the molecule is Cc1ccccc1OC1CN(C[C@H]2CC(c3ccccc3)=NO2)C1.